The molecule has 0 atom stereocenters. The van der Waals surface area contributed by atoms with Gasteiger partial charge in [-0.15, -0.1) is 0 Å². The summed E-state index contributed by atoms with van der Waals surface area (Å²) in [5.74, 6) is 6.30. The van der Waals surface area contributed by atoms with E-state index in [4.69, 9.17) is 9.47 Å². The molecule has 0 saturated heterocycles. The fraction of sp³-hybridized carbons (Fsp3) is 0.375. The lowest BCUT2D eigenvalue weighted by Crippen LogP contribution is -2.02. The van der Waals surface area contributed by atoms with E-state index in [1.165, 1.54) is 38.4 Å². The molecule has 0 aromatic heterocycles. The van der Waals surface area contributed by atoms with Crippen molar-refractivity contribution in [1.29, 1.82) is 0 Å². The quantitative estimate of drug-likeness (QED) is 0.182. The second-order valence-electron chi connectivity index (χ2n) is 6.08. The molecule has 0 saturated carbocycles. The van der Waals surface area contributed by atoms with Gasteiger partial charge in [0.2, 0.25) is 0 Å². The van der Waals surface area contributed by atoms with Crippen LogP contribution in [-0.2, 0) is 16.0 Å². The Kier molecular flexibility index (Phi) is 11.1. The highest BCUT2D eigenvalue weighted by Crippen LogP contribution is 2.14. The lowest BCUT2D eigenvalue weighted by molar-refractivity contribution is -0.135. The van der Waals surface area contributed by atoms with E-state index in [0.29, 0.717) is 11.1 Å². The topological polar surface area (TPSA) is 35.5 Å². The van der Waals surface area contributed by atoms with E-state index in [1.54, 1.807) is 25.2 Å². The summed E-state index contributed by atoms with van der Waals surface area (Å²) in [4.78, 5) is 11.6. The summed E-state index contributed by atoms with van der Waals surface area (Å²) in [7, 11) is 1.35. The zero-order valence-corrected chi connectivity index (χ0v) is 16.7. The average Bonchev–Trinajstić information content (AvgIpc) is 2.71. The smallest absolute Gasteiger partial charge is 0.337 e. The fourth-order valence-electron chi connectivity index (χ4n) is 2.46. The van der Waals surface area contributed by atoms with Gasteiger partial charge in [-0.25, -0.2) is 4.79 Å². The van der Waals surface area contributed by atoms with Crippen LogP contribution in [0.5, 0.6) is 5.75 Å². The Morgan fingerprint density at radius 3 is 2.52 bits per heavy atom. The van der Waals surface area contributed by atoms with Crippen molar-refractivity contribution in [1.82, 2.24) is 0 Å². The molecule has 0 fully saturated rings. The first-order valence-electron chi connectivity index (χ1n) is 9.44. The lowest BCUT2D eigenvalue weighted by atomic mass is 10.1. The number of hydrogen-bond donors (Lipinski definition) is 0. The monoisotopic (exact) mass is 366 g/mol. The van der Waals surface area contributed by atoms with E-state index in [2.05, 4.69) is 37.5 Å². The van der Waals surface area contributed by atoms with Crippen molar-refractivity contribution in [3.8, 4) is 17.6 Å². The number of methoxy groups -OCH3 is 1. The van der Waals surface area contributed by atoms with Gasteiger partial charge in [0.1, 0.15) is 12.4 Å². The third kappa shape index (κ3) is 8.96. The number of carbonyl (C=O) groups excluding carboxylic acids is 1. The SMILES string of the molecule is C=C/C(C#CCOc1ccc(CCCCCC)cc1)=C\C(=C/C)C(=O)OC. The number of unbranched alkanes of at least 4 members (excludes halogenated alkanes) is 3. The minimum Gasteiger partial charge on any atom is -0.481 e. The molecule has 0 aliphatic carbocycles. The largest absolute Gasteiger partial charge is 0.481 e. The summed E-state index contributed by atoms with van der Waals surface area (Å²) < 4.78 is 10.4. The maximum atomic E-state index is 11.6. The first kappa shape index (κ1) is 22.3. The molecule has 0 N–H and O–H groups in total. The van der Waals surface area contributed by atoms with Crippen LogP contribution in [0, 0.1) is 11.8 Å². The molecule has 0 aliphatic rings. The van der Waals surface area contributed by atoms with Gasteiger partial charge in [-0.1, -0.05) is 68.9 Å². The number of rotatable bonds is 10. The van der Waals surface area contributed by atoms with Crippen LogP contribution < -0.4 is 4.74 Å². The zero-order valence-electron chi connectivity index (χ0n) is 16.7. The molecule has 0 amide bonds. The number of hydrogen-bond acceptors (Lipinski definition) is 3. The van der Waals surface area contributed by atoms with E-state index in [1.807, 2.05) is 12.1 Å². The predicted octanol–water partition coefficient (Wildman–Crippen LogP) is 5.42. The highest BCUT2D eigenvalue weighted by molar-refractivity contribution is 5.91. The molecule has 0 unspecified atom stereocenters. The van der Waals surface area contributed by atoms with Crippen molar-refractivity contribution in [2.45, 2.75) is 46.0 Å². The van der Waals surface area contributed by atoms with E-state index in [9.17, 15) is 4.79 Å². The van der Waals surface area contributed by atoms with Gasteiger partial charge in [0.05, 0.1) is 12.7 Å². The Balaban J connectivity index is 2.54. The minimum absolute atomic E-state index is 0.268. The van der Waals surface area contributed by atoms with Crippen LogP contribution >= 0.6 is 0 Å². The Morgan fingerprint density at radius 1 is 1.19 bits per heavy atom. The Labute approximate surface area is 163 Å². The Morgan fingerprint density at radius 2 is 1.93 bits per heavy atom. The maximum Gasteiger partial charge on any atom is 0.337 e. The standard InChI is InChI=1S/C24H30O3/c1-5-8-9-10-12-21-14-16-23(17-15-21)27-18-11-13-20(6-2)19-22(7-3)24(25)26-4/h6-7,14-17,19H,2,5,8-10,12,18H2,1,3-4H3/b20-19+,22-7+. The van der Waals surface area contributed by atoms with Crippen LogP contribution in [-0.4, -0.2) is 19.7 Å². The molecule has 0 aliphatic heterocycles. The molecular formula is C24H30O3. The van der Waals surface area contributed by atoms with Crippen LogP contribution in [0.25, 0.3) is 0 Å². The number of carbonyl (C=O) groups is 1. The van der Waals surface area contributed by atoms with Gasteiger partial charge in [-0.3, -0.25) is 0 Å². The predicted molar refractivity (Wildman–Crippen MR) is 112 cm³/mol. The Hall–Kier alpha value is -2.73. The molecule has 1 rings (SSSR count). The lowest BCUT2D eigenvalue weighted by Gasteiger charge is -2.04. The van der Waals surface area contributed by atoms with Crippen LogP contribution in [0.15, 0.2) is 60.2 Å². The normalized spacial score (nSPS) is 11.4. The number of benzene rings is 1. The summed E-state index contributed by atoms with van der Waals surface area (Å²) in [6.45, 7) is 7.99. The van der Waals surface area contributed by atoms with Crippen molar-refractivity contribution >= 4 is 5.97 Å². The molecule has 1 aromatic carbocycles. The van der Waals surface area contributed by atoms with Crippen molar-refractivity contribution in [2.75, 3.05) is 13.7 Å². The van der Waals surface area contributed by atoms with E-state index < -0.39 is 5.97 Å². The third-order valence-electron chi connectivity index (χ3n) is 4.05. The van der Waals surface area contributed by atoms with Gasteiger partial charge in [0.25, 0.3) is 0 Å². The van der Waals surface area contributed by atoms with E-state index in [0.717, 1.165) is 12.2 Å². The summed E-state index contributed by atoms with van der Waals surface area (Å²) in [6, 6.07) is 8.18. The fourth-order valence-corrected chi connectivity index (χ4v) is 2.46. The minimum atomic E-state index is -0.398. The molecule has 144 valence electrons. The average molecular weight is 367 g/mol. The number of esters is 1. The van der Waals surface area contributed by atoms with Crippen molar-refractivity contribution in [3.63, 3.8) is 0 Å². The highest BCUT2D eigenvalue weighted by Gasteiger charge is 2.05. The van der Waals surface area contributed by atoms with Gasteiger partial charge < -0.3 is 9.47 Å². The van der Waals surface area contributed by atoms with Crippen LogP contribution in [0.1, 0.15) is 45.1 Å². The molecule has 0 bridgehead atoms. The van der Waals surface area contributed by atoms with E-state index in [-0.39, 0.29) is 6.61 Å². The maximum absolute atomic E-state index is 11.6. The van der Waals surface area contributed by atoms with Crippen molar-refractivity contribution in [2.24, 2.45) is 0 Å². The van der Waals surface area contributed by atoms with Gasteiger partial charge in [-0.05, 0) is 43.5 Å². The molecule has 0 spiro atoms. The summed E-state index contributed by atoms with van der Waals surface area (Å²) >= 11 is 0. The summed E-state index contributed by atoms with van der Waals surface area (Å²) in [6.07, 6.45) is 11.1. The van der Waals surface area contributed by atoms with Gasteiger partial charge in [0.15, 0.2) is 0 Å². The first-order valence-corrected chi connectivity index (χ1v) is 9.44. The molecule has 1 aromatic rings. The van der Waals surface area contributed by atoms with Gasteiger partial charge in [-0.2, -0.15) is 0 Å². The van der Waals surface area contributed by atoms with Crippen molar-refractivity contribution in [3.05, 3.63) is 65.8 Å². The van der Waals surface area contributed by atoms with Crippen molar-refractivity contribution < 1.29 is 14.3 Å². The van der Waals surface area contributed by atoms with Crippen LogP contribution in [0.2, 0.25) is 0 Å². The number of ether oxygens (including phenoxy) is 2. The summed E-state index contributed by atoms with van der Waals surface area (Å²) in [5.41, 5.74) is 2.42. The molecule has 0 heterocycles. The molecule has 3 nitrogen and oxygen atoms in total. The van der Waals surface area contributed by atoms with Crippen LogP contribution in [0.4, 0.5) is 0 Å². The third-order valence-corrected chi connectivity index (χ3v) is 4.05. The molecule has 27 heavy (non-hydrogen) atoms. The zero-order chi connectivity index (χ0) is 19.9. The van der Waals surface area contributed by atoms with Crippen LogP contribution in [0.3, 0.4) is 0 Å². The molecule has 3 heteroatoms. The number of aryl methyl sites for hydroxylation is 1. The second kappa shape index (κ2) is 13.5. The van der Waals surface area contributed by atoms with Gasteiger partial charge in [0, 0.05) is 5.57 Å². The summed E-state index contributed by atoms with van der Waals surface area (Å²) in [5, 5.41) is 0. The highest BCUT2D eigenvalue weighted by atomic mass is 16.5. The first-order chi connectivity index (χ1) is 13.1. The number of allylic oxidation sites excluding steroid dienone is 3. The molecular weight excluding hydrogens is 336 g/mol. The molecule has 0 radical (unpaired) electrons. The van der Waals surface area contributed by atoms with Gasteiger partial charge >= 0.3 is 5.97 Å². The van der Waals surface area contributed by atoms with E-state index >= 15 is 0 Å². The second-order valence-corrected chi connectivity index (χ2v) is 6.08. The Bertz CT molecular complexity index is 712.